The van der Waals surface area contributed by atoms with Crippen LogP contribution in [0.4, 0.5) is 0 Å². The third kappa shape index (κ3) is 4.65. The van der Waals surface area contributed by atoms with Crippen LogP contribution in [0.25, 0.3) is 0 Å². The molecule has 1 aliphatic heterocycles. The lowest BCUT2D eigenvalue weighted by molar-refractivity contribution is -0.268. The Morgan fingerprint density at radius 3 is 2.30 bits per heavy atom. The maximum atomic E-state index is 12.8. The number of ether oxygens (including phenoxy) is 2. The summed E-state index contributed by atoms with van der Waals surface area (Å²) >= 11 is 0. The van der Waals surface area contributed by atoms with Gasteiger partial charge in [-0.3, -0.25) is 4.79 Å². The minimum Gasteiger partial charge on any atom is -0.508 e. The van der Waals surface area contributed by atoms with E-state index in [9.17, 15) is 35.4 Å². The first kappa shape index (κ1) is 21.8. The number of Topliss-reactive ketones (excluding diaryl/α,β-unsaturated/α-hetero) is 1. The minimum absolute atomic E-state index is 0.00864. The summed E-state index contributed by atoms with van der Waals surface area (Å²) in [4.78, 5) is 12.8. The fraction of sp³-hybridized carbons (Fsp3) is 0.381. The SMILES string of the molecule is C[C@@H]1O[C@H](Oc2cc(O)cc(O)c2C(=O)CCc2ccc(O)cc2)[C@H](O)[C@@H](O)[C@H]1O. The van der Waals surface area contributed by atoms with Crippen molar-refractivity contribution >= 4 is 5.78 Å². The molecule has 9 heteroatoms. The molecular formula is C21H24O9. The molecule has 3 rings (SSSR count). The van der Waals surface area contributed by atoms with E-state index in [-0.39, 0.29) is 29.2 Å². The number of phenols is 3. The van der Waals surface area contributed by atoms with Crippen LogP contribution < -0.4 is 4.74 Å². The molecule has 0 bridgehead atoms. The Morgan fingerprint density at radius 1 is 0.967 bits per heavy atom. The van der Waals surface area contributed by atoms with Gasteiger partial charge in [-0.1, -0.05) is 12.1 Å². The average Bonchev–Trinajstić information content (AvgIpc) is 2.69. The smallest absolute Gasteiger partial charge is 0.229 e. The van der Waals surface area contributed by atoms with E-state index in [2.05, 4.69) is 0 Å². The van der Waals surface area contributed by atoms with Gasteiger partial charge in [-0.25, -0.2) is 0 Å². The zero-order valence-electron chi connectivity index (χ0n) is 16.2. The van der Waals surface area contributed by atoms with Gasteiger partial charge in [-0.2, -0.15) is 0 Å². The van der Waals surface area contributed by atoms with Gasteiger partial charge < -0.3 is 40.1 Å². The maximum absolute atomic E-state index is 12.8. The van der Waals surface area contributed by atoms with E-state index in [0.717, 1.165) is 17.7 Å². The molecule has 5 atom stereocenters. The molecule has 1 fully saturated rings. The Morgan fingerprint density at radius 2 is 1.63 bits per heavy atom. The molecule has 6 N–H and O–H groups in total. The molecular weight excluding hydrogens is 396 g/mol. The molecule has 0 aromatic heterocycles. The lowest BCUT2D eigenvalue weighted by Gasteiger charge is -2.39. The van der Waals surface area contributed by atoms with Crippen LogP contribution in [0.15, 0.2) is 36.4 Å². The Kier molecular flexibility index (Phi) is 6.47. The number of aliphatic hydroxyl groups excluding tert-OH is 3. The van der Waals surface area contributed by atoms with E-state index in [1.807, 2.05) is 0 Å². The number of carbonyl (C=O) groups is 1. The predicted molar refractivity (Wildman–Crippen MR) is 104 cm³/mol. The zero-order valence-corrected chi connectivity index (χ0v) is 16.2. The summed E-state index contributed by atoms with van der Waals surface area (Å²) in [6, 6.07) is 8.39. The number of aliphatic hydroxyl groups is 3. The van der Waals surface area contributed by atoms with Crippen molar-refractivity contribution in [2.75, 3.05) is 0 Å². The molecule has 0 unspecified atom stereocenters. The van der Waals surface area contributed by atoms with Crippen LogP contribution >= 0.6 is 0 Å². The van der Waals surface area contributed by atoms with E-state index in [1.165, 1.54) is 19.1 Å². The number of benzene rings is 2. The highest BCUT2D eigenvalue weighted by atomic mass is 16.7. The predicted octanol–water partition coefficient (Wildman–Crippen LogP) is 0.825. The molecule has 2 aromatic carbocycles. The summed E-state index contributed by atoms with van der Waals surface area (Å²) in [6.07, 6.45) is -6.49. The Bertz CT molecular complexity index is 896. The molecule has 162 valence electrons. The summed E-state index contributed by atoms with van der Waals surface area (Å²) in [7, 11) is 0. The molecule has 2 aromatic rings. The highest BCUT2D eigenvalue weighted by molar-refractivity contribution is 6.01. The normalized spacial score (nSPS) is 26.3. The molecule has 30 heavy (non-hydrogen) atoms. The third-order valence-electron chi connectivity index (χ3n) is 4.97. The van der Waals surface area contributed by atoms with Crippen LogP contribution in [0, 0.1) is 0 Å². The van der Waals surface area contributed by atoms with E-state index in [4.69, 9.17) is 9.47 Å². The summed E-state index contributed by atoms with van der Waals surface area (Å²) in [5.74, 6) is -1.52. The molecule has 1 aliphatic rings. The van der Waals surface area contributed by atoms with Crippen molar-refractivity contribution in [3.05, 3.63) is 47.5 Å². The van der Waals surface area contributed by atoms with Gasteiger partial charge in [0.25, 0.3) is 0 Å². The fourth-order valence-electron chi connectivity index (χ4n) is 3.24. The van der Waals surface area contributed by atoms with E-state index in [1.54, 1.807) is 12.1 Å². The van der Waals surface area contributed by atoms with Gasteiger partial charge in [0.1, 0.15) is 46.9 Å². The fourth-order valence-corrected chi connectivity index (χ4v) is 3.24. The van der Waals surface area contributed by atoms with Crippen molar-refractivity contribution in [1.29, 1.82) is 0 Å². The second kappa shape index (κ2) is 8.88. The highest BCUT2D eigenvalue weighted by Crippen LogP contribution is 2.36. The zero-order chi connectivity index (χ0) is 22.0. The van der Waals surface area contributed by atoms with Crippen molar-refractivity contribution in [2.45, 2.75) is 50.5 Å². The van der Waals surface area contributed by atoms with Gasteiger partial charge in [0.2, 0.25) is 6.29 Å². The first-order chi connectivity index (χ1) is 14.2. The quantitative estimate of drug-likeness (QED) is 0.372. The number of hydrogen-bond acceptors (Lipinski definition) is 9. The van der Waals surface area contributed by atoms with E-state index in [0.29, 0.717) is 6.42 Å². The van der Waals surface area contributed by atoms with Gasteiger partial charge in [0, 0.05) is 18.6 Å². The van der Waals surface area contributed by atoms with Crippen LogP contribution in [-0.2, 0) is 11.2 Å². The lowest BCUT2D eigenvalue weighted by atomic mass is 9.99. The Balaban J connectivity index is 1.81. The van der Waals surface area contributed by atoms with Crippen molar-refractivity contribution in [1.82, 2.24) is 0 Å². The second-order valence-corrected chi connectivity index (χ2v) is 7.23. The minimum atomic E-state index is -1.62. The number of aromatic hydroxyl groups is 3. The van der Waals surface area contributed by atoms with Crippen LogP contribution in [0.1, 0.15) is 29.3 Å². The van der Waals surface area contributed by atoms with Crippen LogP contribution in [0.2, 0.25) is 0 Å². The van der Waals surface area contributed by atoms with Gasteiger partial charge >= 0.3 is 0 Å². The van der Waals surface area contributed by atoms with Crippen molar-refractivity contribution < 1.29 is 44.9 Å². The molecule has 0 amide bonds. The van der Waals surface area contributed by atoms with Crippen molar-refractivity contribution in [3.8, 4) is 23.0 Å². The monoisotopic (exact) mass is 420 g/mol. The number of hydrogen-bond donors (Lipinski definition) is 6. The maximum Gasteiger partial charge on any atom is 0.229 e. The Hall–Kier alpha value is -2.85. The first-order valence-electron chi connectivity index (χ1n) is 9.40. The number of rotatable bonds is 6. The van der Waals surface area contributed by atoms with Crippen molar-refractivity contribution in [2.24, 2.45) is 0 Å². The second-order valence-electron chi connectivity index (χ2n) is 7.23. The van der Waals surface area contributed by atoms with E-state index >= 15 is 0 Å². The number of ketones is 1. The summed E-state index contributed by atoms with van der Waals surface area (Å²) in [5, 5.41) is 59.2. The molecule has 0 saturated carbocycles. The molecule has 0 spiro atoms. The van der Waals surface area contributed by atoms with Crippen LogP contribution in [0.5, 0.6) is 23.0 Å². The van der Waals surface area contributed by atoms with Gasteiger partial charge in [-0.15, -0.1) is 0 Å². The topological polar surface area (TPSA) is 157 Å². The van der Waals surface area contributed by atoms with Gasteiger partial charge in [0.15, 0.2) is 5.78 Å². The van der Waals surface area contributed by atoms with Gasteiger partial charge in [0.05, 0.1) is 6.10 Å². The summed E-state index contributed by atoms with van der Waals surface area (Å²) in [5.41, 5.74) is 0.578. The molecule has 1 heterocycles. The standard InChI is InChI=1S/C21H24O9/c1-10-18(26)19(27)20(28)21(29-10)30-16-9-13(23)8-15(25)17(16)14(24)7-4-11-2-5-12(22)6-3-11/h2-3,5-6,8-10,18-23,25-28H,4,7H2,1H3/t10-,18-,19-,20+,21+/m0/s1. The molecule has 0 aliphatic carbocycles. The van der Waals surface area contributed by atoms with Crippen molar-refractivity contribution in [3.63, 3.8) is 0 Å². The Labute approximate surface area is 172 Å². The van der Waals surface area contributed by atoms with E-state index < -0.39 is 42.2 Å². The lowest BCUT2D eigenvalue weighted by Crippen LogP contribution is -2.58. The first-order valence-corrected chi connectivity index (χ1v) is 9.40. The number of phenolic OH excluding ortho intramolecular Hbond substituents is 3. The van der Waals surface area contributed by atoms with Crippen LogP contribution in [-0.4, -0.2) is 67.1 Å². The average molecular weight is 420 g/mol. The largest absolute Gasteiger partial charge is 0.508 e. The molecule has 1 saturated heterocycles. The van der Waals surface area contributed by atoms with Crippen LogP contribution in [0.3, 0.4) is 0 Å². The third-order valence-corrected chi connectivity index (χ3v) is 4.97. The highest BCUT2D eigenvalue weighted by Gasteiger charge is 2.43. The van der Waals surface area contributed by atoms with Gasteiger partial charge in [-0.05, 0) is 31.0 Å². The molecule has 0 radical (unpaired) electrons. The summed E-state index contributed by atoms with van der Waals surface area (Å²) < 4.78 is 10.9. The molecule has 9 nitrogen and oxygen atoms in total. The number of aryl methyl sites for hydroxylation is 1. The number of carbonyl (C=O) groups excluding carboxylic acids is 1. The summed E-state index contributed by atoms with van der Waals surface area (Å²) in [6.45, 7) is 1.47.